The van der Waals surface area contributed by atoms with Crippen LogP contribution in [0.25, 0.3) is 0 Å². The highest BCUT2D eigenvalue weighted by molar-refractivity contribution is 8.00. The third kappa shape index (κ3) is 0.903. The van der Waals surface area contributed by atoms with E-state index in [0.717, 1.165) is 0 Å². The van der Waals surface area contributed by atoms with Crippen LogP contribution in [0.3, 0.4) is 0 Å². The molecule has 2 unspecified atom stereocenters. The number of hydrogen-bond acceptors (Lipinski definition) is 2. The lowest BCUT2D eigenvalue weighted by atomic mass is 10.0. The van der Waals surface area contributed by atoms with Crippen LogP contribution in [0.15, 0.2) is 28.7 Å². The Hall–Kier alpha value is -1.03. The second kappa shape index (κ2) is 2.23. The van der Waals surface area contributed by atoms with E-state index in [1.165, 1.54) is 0 Å². The number of carbonyl (C=O) groups is 1. The highest BCUT2D eigenvalue weighted by Crippen LogP contribution is 2.19. The Morgan fingerprint density at radius 1 is 1.45 bits per heavy atom. The van der Waals surface area contributed by atoms with Gasteiger partial charge in [-0.3, -0.25) is 4.79 Å². The van der Waals surface area contributed by atoms with Gasteiger partial charge in [-0.25, -0.2) is 4.21 Å². The Morgan fingerprint density at radius 2 is 2.27 bits per heavy atom. The molecule has 2 atom stereocenters. The van der Waals surface area contributed by atoms with Gasteiger partial charge >= 0.3 is 0 Å². The van der Waals surface area contributed by atoms with Crippen LogP contribution in [0.2, 0.25) is 0 Å². The Bertz CT molecular complexity index is 327. The largest absolute Gasteiger partial charge is 0.281 e. The van der Waals surface area contributed by atoms with Crippen LogP contribution in [0.4, 0.5) is 0 Å². The van der Waals surface area contributed by atoms with Gasteiger partial charge in [0.25, 0.3) is 5.12 Å². The monoisotopic (exact) mass is 167 g/mol. The first-order chi connectivity index (χ1) is 5.29. The maximum atomic E-state index is 11.0. The average Bonchev–Trinajstić information content (AvgIpc) is 2.30. The fourth-order valence-electron chi connectivity index (χ4n) is 1.07. The van der Waals surface area contributed by atoms with Crippen molar-refractivity contribution in [3.05, 3.63) is 24.3 Å². The molecule has 4 heteroatoms. The van der Waals surface area contributed by atoms with Crippen molar-refractivity contribution < 1.29 is 9.00 Å². The van der Waals surface area contributed by atoms with Crippen LogP contribution in [0.5, 0.6) is 0 Å². The molecular weight excluding hydrogens is 162 g/mol. The molecule has 11 heavy (non-hydrogen) atoms. The second-order valence-electron chi connectivity index (χ2n) is 2.31. The van der Waals surface area contributed by atoms with Gasteiger partial charge in [0.05, 0.1) is 11.6 Å². The third-order valence-electron chi connectivity index (χ3n) is 1.61. The summed E-state index contributed by atoms with van der Waals surface area (Å²) in [6.07, 6.45) is 6.98. The first-order valence-electron chi connectivity index (χ1n) is 3.18. The van der Waals surface area contributed by atoms with Gasteiger partial charge in [0, 0.05) is 0 Å². The maximum Gasteiger partial charge on any atom is 0.254 e. The zero-order valence-corrected chi connectivity index (χ0v) is 6.38. The van der Waals surface area contributed by atoms with E-state index >= 15 is 0 Å². The highest BCUT2D eigenvalue weighted by Gasteiger charge is 2.32. The van der Waals surface area contributed by atoms with Crippen molar-refractivity contribution in [1.29, 1.82) is 0 Å². The molecule has 0 saturated heterocycles. The summed E-state index contributed by atoms with van der Waals surface area (Å²) in [6.45, 7) is 0. The lowest BCUT2D eigenvalue weighted by molar-refractivity contribution is -0.111. The van der Waals surface area contributed by atoms with Gasteiger partial charge in [-0.1, -0.05) is 18.2 Å². The Balaban J connectivity index is 2.47. The van der Waals surface area contributed by atoms with Crippen molar-refractivity contribution in [1.82, 2.24) is 0 Å². The van der Waals surface area contributed by atoms with Crippen molar-refractivity contribution >= 4 is 21.8 Å². The zero-order valence-electron chi connectivity index (χ0n) is 5.56. The quantitative estimate of drug-likeness (QED) is 0.523. The fraction of sp³-hybridized carbons (Fsp3) is 0.143. The smallest absolute Gasteiger partial charge is 0.254 e. The van der Waals surface area contributed by atoms with E-state index in [1.807, 2.05) is 0 Å². The van der Waals surface area contributed by atoms with Crippen molar-refractivity contribution in [2.24, 2.45) is 10.3 Å². The van der Waals surface area contributed by atoms with Crippen molar-refractivity contribution in [3.8, 4) is 0 Å². The molecule has 0 N–H and O–H groups in total. The molecule has 0 spiro atoms. The molecule has 0 radical (unpaired) electrons. The topological polar surface area (TPSA) is 46.5 Å². The number of nitrogens with zero attached hydrogens (tertiary/aromatic N) is 1. The molecule has 0 bridgehead atoms. The third-order valence-corrected chi connectivity index (χ3v) is 2.59. The van der Waals surface area contributed by atoms with E-state index in [0.29, 0.717) is 5.71 Å². The summed E-state index contributed by atoms with van der Waals surface area (Å²) in [6, 6.07) is 0. The molecule has 3 nitrogen and oxygen atoms in total. The lowest BCUT2D eigenvalue weighted by Gasteiger charge is -2.02. The van der Waals surface area contributed by atoms with E-state index in [9.17, 15) is 9.00 Å². The van der Waals surface area contributed by atoms with E-state index in [2.05, 4.69) is 4.40 Å². The number of carbonyl (C=O) groups excluding carboxylic acids is 1. The number of allylic oxidation sites excluding steroid dienone is 4. The van der Waals surface area contributed by atoms with Crippen LogP contribution < -0.4 is 0 Å². The SMILES string of the molecule is O=C1C2C=CC=CC2=NS1=O. The van der Waals surface area contributed by atoms with Crippen LogP contribution in [-0.2, 0) is 15.8 Å². The van der Waals surface area contributed by atoms with Gasteiger partial charge in [0.15, 0.2) is 0 Å². The minimum Gasteiger partial charge on any atom is -0.281 e. The number of fused-ring (bicyclic) bond motifs is 1. The first-order valence-corrected chi connectivity index (χ1v) is 4.29. The second-order valence-corrected chi connectivity index (χ2v) is 3.39. The van der Waals surface area contributed by atoms with Gasteiger partial charge in [-0.15, -0.1) is 0 Å². The Morgan fingerprint density at radius 3 is 3.00 bits per heavy atom. The summed E-state index contributed by atoms with van der Waals surface area (Å²) < 4.78 is 14.5. The van der Waals surface area contributed by atoms with Gasteiger partial charge in [0.2, 0.25) is 11.0 Å². The maximum absolute atomic E-state index is 11.0. The fourth-order valence-corrected chi connectivity index (χ4v) is 1.94. The normalized spacial score (nSPS) is 33.8. The molecule has 0 fully saturated rings. The molecular formula is C7H5NO2S. The van der Waals surface area contributed by atoms with Crippen LogP contribution in [0, 0.1) is 5.92 Å². The zero-order chi connectivity index (χ0) is 7.84. The van der Waals surface area contributed by atoms with Gasteiger partial charge in [-0.2, -0.15) is 4.40 Å². The minimum absolute atomic E-state index is 0.305. The Kier molecular flexibility index (Phi) is 1.35. The van der Waals surface area contributed by atoms with Crippen molar-refractivity contribution in [2.45, 2.75) is 0 Å². The molecule has 2 aliphatic rings. The predicted molar refractivity (Wildman–Crippen MR) is 42.4 cm³/mol. The first kappa shape index (κ1) is 6.67. The van der Waals surface area contributed by atoms with Crippen molar-refractivity contribution in [3.63, 3.8) is 0 Å². The van der Waals surface area contributed by atoms with E-state index in [1.54, 1.807) is 24.3 Å². The van der Waals surface area contributed by atoms with E-state index in [-0.39, 0.29) is 11.0 Å². The molecule has 1 heterocycles. The molecule has 1 aliphatic carbocycles. The van der Waals surface area contributed by atoms with E-state index in [4.69, 9.17) is 0 Å². The van der Waals surface area contributed by atoms with Gasteiger partial charge < -0.3 is 0 Å². The van der Waals surface area contributed by atoms with Crippen LogP contribution in [-0.4, -0.2) is 15.0 Å². The molecule has 0 aromatic heterocycles. The summed E-state index contributed by atoms with van der Waals surface area (Å²) in [5, 5.41) is -0.305. The number of hydrogen-bond donors (Lipinski definition) is 0. The summed E-state index contributed by atoms with van der Waals surface area (Å²) in [5.74, 6) is -0.346. The molecule has 56 valence electrons. The Labute approximate surface area is 66.1 Å². The molecule has 0 saturated carbocycles. The summed E-state index contributed by atoms with van der Waals surface area (Å²) in [5.41, 5.74) is 0.621. The lowest BCUT2D eigenvalue weighted by Crippen LogP contribution is -2.16. The molecule has 2 rings (SSSR count). The number of rotatable bonds is 0. The van der Waals surface area contributed by atoms with Gasteiger partial charge in [-0.05, 0) is 6.08 Å². The summed E-state index contributed by atoms with van der Waals surface area (Å²) in [7, 11) is -1.64. The highest BCUT2D eigenvalue weighted by atomic mass is 32.2. The average molecular weight is 167 g/mol. The predicted octanol–water partition coefficient (Wildman–Crippen LogP) is 0.373. The van der Waals surface area contributed by atoms with Crippen LogP contribution >= 0.6 is 0 Å². The van der Waals surface area contributed by atoms with Crippen LogP contribution in [0.1, 0.15) is 0 Å². The summed E-state index contributed by atoms with van der Waals surface area (Å²) >= 11 is 0. The van der Waals surface area contributed by atoms with E-state index < -0.39 is 11.0 Å². The molecule has 1 aliphatic heterocycles. The minimum atomic E-state index is -1.64. The van der Waals surface area contributed by atoms with Crippen molar-refractivity contribution in [2.75, 3.05) is 0 Å². The molecule has 0 amide bonds. The molecule has 0 aromatic rings. The summed E-state index contributed by atoms with van der Waals surface area (Å²) in [4.78, 5) is 11.0. The molecule has 0 aromatic carbocycles. The van der Waals surface area contributed by atoms with Gasteiger partial charge in [0.1, 0.15) is 0 Å². The standard InChI is InChI=1S/C7H5NO2S/c9-7-5-3-1-2-4-6(5)8-11(7)10/h1-5H.